The van der Waals surface area contributed by atoms with Gasteiger partial charge in [0.15, 0.2) is 11.9 Å². The molecule has 0 bridgehead atoms. The zero-order chi connectivity index (χ0) is 22.2. The van der Waals surface area contributed by atoms with Crippen molar-refractivity contribution in [1.29, 1.82) is 15.8 Å². The van der Waals surface area contributed by atoms with E-state index in [0.29, 0.717) is 29.7 Å². The highest BCUT2D eigenvalue weighted by Crippen LogP contribution is 2.62. The van der Waals surface area contributed by atoms with Crippen LogP contribution in [0.4, 0.5) is 0 Å². The highest BCUT2D eigenvalue weighted by Gasteiger charge is 2.67. The number of benzene rings is 3. The fourth-order valence-electron chi connectivity index (χ4n) is 4.46. The van der Waals surface area contributed by atoms with Gasteiger partial charge in [0.2, 0.25) is 5.79 Å². The molecule has 0 unspecified atom stereocenters. The van der Waals surface area contributed by atoms with Crippen LogP contribution in [0.3, 0.4) is 0 Å². The first-order chi connectivity index (χ1) is 15.6. The second-order valence-electron chi connectivity index (χ2n) is 7.72. The maximum Gasteiger partial charge on any atom is 0.232 e. The molecule has 3 atom stereocenters. The molecule has 2 aliphatic heterocycles. The van der Waals surface area contributed by atoms with Crippen molar-refractivity contribution in [3.05, 3.63) is 106 Å². The Morgan fingerprint density at radius 3 is 1.69 bits per heavy atom. The molecule has 0 spiro atoms. The quantitative estimate of drug-likeness (QED) is 0.619. The Morgan fingerprint density at radius 2 is 1.16 bits per heavy atom. The van der Waals surface area contributed by atoms with Crippen LogP contribution in [0, 0.1) is 34.0 Å². The molecular formula is C26H17N3O3. The zero-order valence-corrected chi connectivity index (χ0v) is 17.0. The second kappa shape index (κ2) is 7.61. The third kappa shape index (κ3) is 2.89. The van der Waals surface area contributed by atoms with Crippen molar-refractivity contribution in [3.8, 4) is 18.2 Å². The van der Waals surface area contributed by atoms with Crippen LogP contribution in [0.2, 0.25) is 0 Å². The smallest absolute Gasteiger partial charge is 0.232 e. The van der Waals surface area contributed by atoms with Crippen molar-refractivity contribution in [3.63, 3.8) is 0 Å². The third-order valence-electron chi connectivity index (χ3n) is 6.06. The van der Waals surface area contributed by atoms with Crippen molar-refractivity contribution in [2.24, 2.45) is 0 Å². The topological polar surface area (TPSA) is 99.1 Å². The number of rotatable bonds is 3. The van der Waals surface area contributed by atoms with Crippen LogP contribution in [0.25, 0.3) is 0 Å². The van der Waals surface area contributed by atoms with Gasteiger partial charge < -0.3 is 14.2 Å². The lowest BCUT2D eigenvalue weighted by Gasteiger charge is -2.36. The predicted molar refractivity (Wildman–Crippen MR) is 112 cm³/mol. The van der Waals surface area contributed by atoms with Crippen molar-refractivity contribution in [2.75, 3.05) is 6.61 Å². The fraction of sp³-hybridized carbons (Fsp3) is 0.192. The van der Waals surface area contributed by atoms with Crippen molar-refractivity contribution >= 4 is 0 Å². The van der Waals surface area contributed by atoms with Crippen molar-refractivity contribution in [2.45, 2.75) is 24.1 Å². The number of hydrogen-bond acceptors (Lipinski definition) is 6. The number of nitriles is 3. The lowest BCUT2D eigenvalue weighted by Crippen LogP contribution is -2.43. The molecule has 0 radical (unpaired) electrons. The molecule has 32 heavy (non-hydrogen) atoms. The van der Waals surface area contributed by atoms with Gasteiger partial charge in [0.25, 0.3) is 0 Å². The predicted octanol–water partition coefficient (Wildman–Crippen LogP) is 4.52. The normalized spacial score (nSPS) is 26.0. The molecule has 0 aliphatic carbocycles. The maximum absolute atomic E-state index is 9.21. The summed E-state index contributed by atoms with van der Waals surface area (Å²) in [5.41, 5.74) is 3.04. The number of nitrogens with zero attached hydrogens (tertiary/aromatic N) is 3. The van der Waals surface area contributed by atoms with Gasteiger partial charge >= 0.3 is 0 Å². The third-order valence-corrected chi connectivity index (χ3v) is 6.06. The zero-order valence-electron chi connectivity index (χ0n) is 17.0. The second-order valence-corrected chi connectivity index (χ2v) is 7.72. The molecule has 2 fully saturated rings. The van der Waals surface area contributed by atoms with Gasteiger partial charge in [-0.15, -0.1) is 0 Å². The monoisotopic (exact) mass is 419 g/mol. The highest BCUT2D eigenvalue weighted by molar-refractivity contribution is 5.42. The van der Waals surface area contributed by atoms with Crippen LogP contribution in [-0.4, -0.2) is 6.61 Å². The summed E-state index contributed by atoms with van der Waals surface area (Å²) in [5, 5.41) is 27.5. The molecule has 0 saturated carbocycles. The van der Waals surface area contributed by atoms with Gasteiger partial charge in [-0.25, -0.2) is 0 Å². The molecule has 2 heterocycles. The molecule has 154 valence electrons. The number of hydrogen-bond donors (Lipinski definition) is 0. The molecule has 2 aliphatic rings. The molecule has 2 saturated heterocycles. The summed E-state index contributed by atoms with van der Waals surface area (Å²) in [6.07, 6.45) is -0.180. The van der Waals surface area contributed by atoms with Crippen molar-refractivity contribution < 1.29 is 14.2 Å². The van der Waals surface area contributed by atoms with Crippen LogP contribution in [0.15, 0.2) is 72.8 Å². The van der Waals surface area contributed by atoms with E-state index in [4.69, 9.17) is 19.5 Å². The van der Waals surface area contributed by atoms with E-state index in [-0.39, 0.29) is 0 Å². The van der Waals surface area contributed by atoms with E-state index in [1.807, 2.05) is 36.4 Å². The van der Waals surface area contributed by atoms with E-state index in [2.05, 4.69) is 18.2 Å². The summed E-state index contributed by atoms with van der Waals surface area (Å²) in [7, 11) is 0. The van der Waals surface area contributed by atoms with Gasteiger partial charge in [-0.3, -0.25) is 0 Å². The summed E-state index contributed by atoms with van der Waals surface area (Å²) in [6.45, 7) is 0.417. The lowest BCUT2D eigenvalue weighted by molar-refractivity contribution is -0.231. The molecule has 0 aromatic heterocycles. The molecule has 6 nitrogen and oxygen atoms in total. The average Bonchev–Trinajstić information content (AvgIpc) is 3.39. The molecule has 0 N–H and O–H groups in total. The van der Waals surface area contributed by atoms with Crippen LogP contribution in [0.1, 0.15) is 46.1 Å². The highest BCUT2D eigenvalue weighted by atomic mass is 16.8. The van der Waals surface area contributed by atoms with E-state index >= 15 is 0 Å². The van der Waals surface area contributed by atoms with Gasteiger partial charge in [-0.2, -0.15) is 15.8 Å². The largest absolute Gasteiger partial charge is 0.343 e. The minimum absolute atomic E-state index is 0.417. The summed E-state index contributed by atoms with van der Waals surface area (Å²) in [4.78, 5) is 0. The molecule has 6 heteroatoms. The van der Waals surface area contributed by atoms with E-state index < -0.39 is 17.7 Å². The standard InChI is InChI=1S/C26H17N3O3/c27-15-18-1-7-21(8-2-18)24-31-25(22-9-3-19(16-28)4-10-22)13-14-30-26(25,32-24)23-11-5-20(17-29)6-12-23/h1-12,24H,13-14H2/t24-,25-,26+/m1/s1. The Bertz CT molecular complexity index is 1210. The minimum atomic E-state index is -1.23. The van der Waals surface area contributed by atoms with E-state index in [1.54, 1.807) is 36.4 Å². The van der Waals surface area contributed by atoms with E-state index in [0.717, 1.165) is 16.7 Å². The van der Waals surface area contributed by atoms with Gasteiger partial charge in [-0.1, -0.05) is 36.4 Å². The Balaban J connectivity index is 1.65. The van der Waals surface area contributed by atoms with Crippen LogP contribution >= 0.6 is 0 Å². The Morgan fingerprint density at radius 1 is 0.656 bits per heavy atom. The summed E-state index contributed by atoms with van der Waals surface area (Å²) >= 11 is 0. The Labute approximate surface area is 185 Å². The van der Waals surface area contributed by atoms with Crippen LogP contribution in [-0.2, 0) is 25.6 Å². The summed E-state index contributed by atoms with van der Waals surface area (Å²) < 4.78 is 19.4. The molecule has 0 amide bonds. The lowest BCUT2D eigenvalue weighted by atomic mass is 9.80. The average molecular weight is 419 g/mol. The summed E-state index contributed by atoms with van der Waals surface area (Å²) in [6, 6.07) is 27.8. The van der Waals surface area contributed by atoms with Gasteiger partial charge in [0.05, 0.1) is 41.5 Å². The van der Waals surface area contributed by atoms with E-state index in [9.17, 15) is 10.5 Å². The summed E-state index contributed by atoms with van der Waals surface area (Å²) in [5.74, 6) is -1.23. The molecular weight excluding hydrogens is 402 g/mol. The van der Waals surface area contributed by atoms with Crippen LogP contribution < -0.4 is 0 Å². The van der Waals surface area contributed by atoms with E-state index in [1.165, 1.54) is 0 Å². The fourth-order valence-corrected chi connectivity index (χ4v) is 4.46. The van der Waals surface area contributed by atoms with Gasteiger partial charge in [0, 0.05) is 17.5 Å². The van der Waals surface area contributed by atoms with Gasteiger partial charge in [0.1, 0.15) is 0 Å². The maximum atomic E-state index is 9.21. The number of ether oxygens (including phenoxy) is 3. The van der Waals surface area contributed by atoms with Gasteiger partial charge in [-0.05, 0) is 42.0 Å². The molecule has 3 aromatic rings. The molecule has 3 aromatic carbocycles. The molecule has 5 rings (SSSR count). The first-order valence-corrected chi connectivity index (χ1v) is 10.1. The Hall–Kier alpha value is -3.99. The first-order valence-electron chi connectivity index (χ1n) is 10.1. The van der Waals surface area contributed by atoms with Crippen LogP contribution in [0.5, 0.6) is 0 Å². The SMILES string of the molecule is N#Cc1ccc([C@H]2O[C@]3(c4ccc(C#N)cc4)OCC[C@]3(c3ccc(C#N)cc3)O2)cc1. The minimum Gasteiger partial charge on any atom is -0.343 e. The van der Waals surface area contributed by atoms with Crippen molar-refractivity contribution in [1.82, 2.24) is 0 Å². The first kappa shape index (κ1) is 19.9. The Kier molecular flexibility index (Phi) is 4.74. The number of fused-ring (bicyclic) bond motifs is 1.